The summed E-state index contributed by atoms with van der Waals surface area (Å²) < 4.78 is 0. The Morgan fingerprint density at radius 3 is 2.28 bits per heavy atom. The van der Waals surface area contributed by atoms with Gasteiger partial charge in [0.05, 0.1) is 28.7 Å². The highest BCUT2D eigenvalue weighted by atomic mass is 35.5. The summed E-state index contributed by atoms with van der Waals surface area (Å²) in [6.07, 6.45) is 3.82. The molecule has 0 atom stereocenters. The molecule has 29 heavy (non-hydrogen) atoms. The summed E-state index contributed by atoms with van der Waals surface area (Å²) in [5.41, 5.74) is 0.576. The summed E-state index contributed by atoms with van der Waals surface area (Å²) in [6.45, 7) is 1.37. The van der Waals surface area contributed by atoms with Crippen molar-refractivity contribution in [3.63, 3.8) is 0 Å². The Bertz CT molecular complexity index is 1090. The zero-order valence-electron chi connectivity index (χ0n) is 14.9. The van der Waals surface area contributed by atoms with Crippen LogP contribution in [0.1, 0.15) is 38.1 Å². The zero-order valence-corrected chi connectivity index (χ0v) is 16.5. The third kappa shape index (κ3) is 5.13. The van der Waals surface area contributed by atoms with Crippen LogP contribution in [0.15, 0.2) is 48.9 Å². The van der Waals surface area contributed by atoms with Crippen molar-refractivity contribution in [3.05, 3.63) is 75.9 Å². The maximum Gasteiger partial charge on any atom is 0.275 e. The van der Waals surface area contributed by atoms with E-state index in [2.05, 4.69) is 25.6 Å². The van der Waals surface area contributed by atoms with Crippen molar-refractivity contribution < 1.29 is 14.4 Å². The molecular weight excluding hydrogens is 417 g/mol. The Labute approximate surface area is 175 Å². The number of carbonyl (C=O) groups excluding carboxylic acids is 3. The summed E-state index contributed by atoms with van der Waals surface area (Å²) in [6, 6.07) is 7.44. The van der Waals surface area contributed by atoms with Crippen LogP contribution >= 0.6 is 23.2 Å². The highest BCUT2D eigenvalue weighted by molar-refractivity contribution is 6.30. The van der Waals surface area contributed by atoms with Crippen molar-refractivity contribution >= 4 is 52.3 Å². The highest BCUT2D eigenvalue weighted by Crippen LogP contribution is 2.21. The van der Waals surface area contributed by atoms with Crippen LogP contribution < -0.4 is 10.6 Å². The molecular formula is C19H13Cl2N5O3. The van der Waals surface area contributed by atoms with E-state index in [1.807, 2.05) is 0 Å². The molecule has 3 rings (SSSR count). The van der Waals surface area contributed by atoms with Gasteiger partial charge in [0, 0.05) is 11.8 Å². The number of aromatic nitrogens is 3. The Morgan fingerprint density at radius 1 is 0.862 bits per heavy atom. The van der Waals surface area contributed by atoms with Crippen molar-refractivity contribution in [1.29, 1.82) is 0 Å². The Morgan fingerprint density at radius 2 is 1.66 bits per heavy atom. The Kier molecular flexibility index (Phi) is 6.16. The fraction of sp³-hybridized carbons (Fsp3) is 0.0526. The van der Waals surface area contributed by atoms with Crippen LogP contribution in [0.3, 0.4) is 0 Å². The van der Waals surface area contributed by atoms with E-state index in [0.29, 0.717) is 10.6 Å². The van der Waals surface area contributed by atoms with Crippen molar-refractivity contribution in [2.75, 3.05) is 10.6 Å². The van der Waals surface area contributed by atoms with Gasteiger partial charge in [0.2, 0.25) is 0 Å². The molecule has 2 aromatic heterocycles. The second kappa shape index (κ2) is 8.76. The number of carbonyl (C=O) groups is 3. The van der Waals surface area contributed by atoms with E-state index in [-0.39, 0.29) is 33.7 Å². The van der Waals surface area contributed by atoms with Crippen molar-refractivity contribution in [2.24, 2.45) is 0 Å². The van der Waals surface area contributed by atoms with E-state index in [1.165, 1.54) is 49.8 Å². The van der Waals surface area contributed by atoms with E-state index < -0.39 is 11.8 Å². The van der Waals surface area contributed by atoms with Crippen molar-refractivity contribution in [2.45, 2.75) is 6.92 Å². The van der Waals surface area contributed by atoms with Crippen LogP contribution in [0.5, 0.6) is 0 Å². The summed E-state index contributed by atoms with van der Waals surface area (Å²) >= 11 is 11.5. The molecule has 2 heterocycles. The smallest absolute Gasteiger partial charge is 0.275 e. The van der Waals surface area contributed by atoms with Crippen LogP contribution in [-0.4, -0.2) is 32.5 Å². The minimum atomic E-state index is -0.594. The maximum atomic E-state index is 12.8. The maximum absolute atomic E-state index is 12.8. The molecule has 146 valence electrons. The van der Waals surface area contributed by atoms with Crippen LogP contribution in [0.25, 0.3) is 0 Å². The summed E-state index contributed by atoms with van der Waals surface area (Å²) in [7, 11) is 0. The van der Waals surface area contributed by atoms with Crippen molar-refractivity contribution in [1.82, 2.24) is 15.0 Å². The summed E-state index contributed by atoms with van der Waals surface area (Å²) in [5, 5.41) is 5.74. The first kappa shape index (κ1) is 20.4. The van der Waals surface area contributed by atoms with Crippen molar-refractivity contribution in [3.8, 4) is 0 Å². The first-order valence-electron chi connectivity index (χ1n) is 8.20. The number of hydrogen-bond acceptors (Lipinski definition) is 6. The van der Waals surface area contributed by atoms with Gasteiger partial charge in [-0.05, 0) is 37.3 Å². The topological polar surface area (TPSA) is 114 Å². The molecule has 3 aromatic rings. The fourth-order valence-electron chi connectivity index (χ4n) is 2.31. The number of amides is 2. The number of nitrogens with zero attached hydrogens (tertiary/aromatic N) is 3. The second-order valence-electron chi connectivity index (χ2n) is 5.81. The molecule has 2 amide bonds. The van der Waals surface area contributed by atoms with Gasteiger partial charge in [0.1, 0.15) is 16.7 Å². The molecule has 2 N–H and O–H groups in total. The SMILES string of the molecule is CC(=O)c1ccc(NC(=O)c2cnc(Cl)cn2)c(C(=O)Nc2ccc(Cl)cn2)c1. The van der Waals surface area contributed by atoms with E-state index in [9.17, 15) is 14.4 Å². The minimum absolute atomic E-state index is 0.00997. The first-order valence-corrected chi connectivity index (χ1v) is 8.96. The third-order valence-electron chi connectivity index (χ3n) is 3.74. The largest absolute Gasteiger partial charge is 0.320 e. The molecule has 0 aliphatic carbocycles. The number of Topliss-reactive ketones (excluding diaryl/α,β-unsaturated/α-hetero) is 1. The van der Waals surface area contributed by atoms with Gasteiger partial charge in [-0.1, -0.05) is 23.2 Å². The number of benzene rings is 1. The normalized spacial score (nSPS) is 10.3. The standard InChI is InChI=1S/C19H13Cl2N5O3/c1-10(27)11-2-4-14(25-19(29)15-8-23-16(21)9-22-15)13(6-11)18(28)26-17-5-3-12(20)7-24-17/h2-9H,1H3,(H,25,29)(H,24,26,28). The van der Waals surface area contributed by atoms with Crippen LogP contribution in [0.4, 0.5) is 11.5 Å². The lowest BCUT2D eigenvalue weighted by atomic mass is 10.0. The lowest BCUT2D eigenvalue weighted by Gasteiger charge is -2.12. The highest BCUT2D eigenvalue weighted by Gasteiger charge is 2.18. The molecule has 0 unspecified atom stereocenters. The minimum Gasteiger partial charge on any atom is -0.320 e. The molecule has 0 saturated carbocycles. The monoisotopic (exact) mass is 429 g/mol. The number of hydrogen-bond donors (Lipinski definition) is 2. The van der Waals surface area contributed by atoms with Gasteiger partial charge in [-0.3, -0.25) is 14.4 Å². The van der Waals surface area contributed by atoms with Crippen LogP contribution in [0, 0.1) is 0 Å². The predicted molar refractivity (Wildman–Crippen MR) is 109 cm³/mol. The Hall–Kier alpha value is -3.36. The van der Waals surface area contributed by atoms with Crippen LogP contribution in [-0.2, 0) is 0 Å². The van der Waals surface area contributed by atoms with Gasteiger partial charge in [-0.25, -0.2) is 15.0 Å². The van der Waals surface area contributed by atoms with E-state index >= 15 is 0 Å². The first-order chi connectivity index (χ1) is 13.8. The fourth-order valence-corrected chi connectivity index (χ4v) is 2.52. The van der Waals surface area contributed by atoms with E-state index in [4.69, 9.17) is 23.2 Å². The van der Waals surface area contributed by atoms with Gasteiger partial charge >= 0.3 is 0 Å². The van der Waals surface area contributed by atoms with Gasteiger partial charge in [-0.15, -0.1) is 0 Å². The molecule has 0 aliphatic rings. The third-order valence-corrected chi connectivity index (χ3v) is 4.16. The quantitative estimate of drug-likeness (QED) is 0.594. The van der Waals surface area contributed by atoms with E-state index in [1.54, 1.807) is 6.07 Å². The molecule has 0 fully saturated rings. The van der Waals surface area contributed by atoms with Gasteiger partial charge in [0.25, 0.3) is 11.8 Å². The average molecular weight is 430 g/mol. The molecule has 0 bridgehead atoms. The molecule has 10 heteroatoms. The number of anilines is 2. The predicted octanol–water partition coefficient (Wildman–Crippen LogP) is 3.89. The molecule has 0 spiro atoms. The van der Waals surface area contributed by atoms with Gasteiger partial charge < -0.3 is 10.6 Å². The van der Waals surface area contributed by atoms with Gasteiger partial charge in [0.15, 0.2) is 5.78 Å². The molecule has 0 radical (unpaired) electrons. The lowest BCUT2D eigenvalue weighted by Crippen LogP contribution is -2.20. The van der Waals surface area contributed by atoms with Crippen LogP contribution in [0.2, 0.25) is 10.2 Å². The molecule has 0 aliphatic heterocycles. The Balaban J connectivity index is 1.90. The number of rotatable bonds is 5. The average Bonchev–Trinajstić information content (AvgIpc) is 2.70. The molecule has 8 nitrogen and oxygen atoms in total. The summed E-state index contributed by atoms with van der Waals surface area (Å²) in [5.74, 6) is -1.14. The lowest BCUT2D eigenvalue weighted by molar-refractivity contribution is 0.101. The number of ketones is 1. The zero-order chi connectivity index (χ0) is 21.0. The molecule has 1 aromatic carbocycles. The molecule has 0 saturated heterocycles. The number of nitrogens with one attached hydrogen (secondary N) is 2. The number of halogens is 2. The summed E-state index contributed by atoms with van der Waals surface area (Å²) in [4.78, 5) is 48.6. The number of pyridine rings is 1. The second-order valence-corrected chi connectivity index (χ2v) is 6.63. The van der Waals surface area contributed by atoms with Gasteiger partial charge in [-0.2, -0.15) is 0 Å². The van der Waals surface area contributed by atoms with E-state index in [0.717, 1.165) is 0 Å².